The van der Waals surface area contributed by atoms with Crippen LogP contribution in [-0.4, -0.2) is 48.2 Å². The van der Waals surface area contributed by atoms with E-state index in [-0.39, 0.29) is 12.7 Å². The predicted octanol–water partition coefficient (Wildman–Crippen LogP) is 4.46. The molecule has 0 radical (unpaired) electrons. The summed E-state index contributed by atoms with van der Waals surface area (Å²) in [6, 6.07) is 4.27. The van der Waals surface area contributed by atoms with Crippen LogP contribution < -0.4 is 9.47 Å². The highest BCUT2D eigenvalue weighted by atomic mass is 35.5. The molecule has 5 nitrogen and oxygen atoms in total. The minimum atomic E-state index is 0.233. The van der Waals surface area contributed by atoms with Gasteiger partial charge in [-0.3, -0.25) is 4.79 Å². The van der Waals surface area contributed by atoms with Gasteiger partial charge in [0.1, 0.15) is 0 Å². The molecule has 1 aromatic carbocycles. The molecule has 158 valence electrons. The summed E-state index contributed by atoms with van der Waals surface area (Å²) in [4.78, 5) is 17.5. The summed E-state index contributed by atoms with van der Waals surface area (Å²) < 4.78 is 10.9. The van der Waals surface area contributed by atoms with Crippen molar-refractivity contribution in [1.29, 1.82) is 0 Å². The molecule has 2 saturated heterocycles. The van der Waals surface area contributed by atoms with Gasteiger partial charge in [0, 0.05) is 43.2 Å². The van der Waals surface area contributed by atoms with Crippen LogP contribution in [0.25, 0.3) is 0 Å². The molecule has 1 amide bonds. The summed E-state index contributed by atoms with van der Waals surface area (Å²) in [5, 5.41) is 0.641. The summed E-state index contributed by atoms with van der Waals surface area (Å²) in [5.74, 6) is 3.50. The van der Waals surface area contributed by atoms with Gasteiger partial charge < -0.3 is 19.3 Å². The first-order valence-electron chi connectivity index (χ1n) is 11.3. The maximum atomic E-state index is 12.8. The van der Waals surface area contributed by atoms with Crippen molar-refractivity contribution >= 4 is 17.5 Å². The van der Waals surface area contributed by atoms with Gasteiger partial charge in [0.2, 0.25) is 12.7 Å². The Bertz CT molecular complexity index is 771. The zero-order chi connectivity index (χ0) is 19.8. The number of nitrogens with zero attached hydrogens (tertiary/aromatic N) is 2. The van der Waals surface area contributed by atoms with Crippen LogP contribution in [0.15, 0.2) is 12.1 Å². The Labute approximate surface area is 178 Å². The van der Waals surface area contributed by atoms with E-state index in [9.17, 15) is 4.79 Å². The number of ether oxygens (including phenoxy) is 2. The molecule has 5 rings (SSSR count). The molecule has 29 heavy (non-hydrogen) atoms. The van der Waals surface area contributed by atoms with Gasteiger partial charge in [-0.2, -0.15) is 0 Å². The van der Waals surface area contributed by atoms with Crippen molar-refractivity contribution < 1.29 is 14.3 Å². The van der Waals surface area contributed by atoms with Crippen molar-refractivity contribution in [2.45, 2.75) is 64.0 Å². The van der Waals surface area contributed by atoms with E-state index in [4.69, 9.17) is 21.1 Å². The van der Waals surface area contributed by atoms with Crippen LogP contribution in [0, 0.1) is 11.8 Å². The number of benzene rings is 1. The SMILES string of the molecule is O=C1CCC(N2CC[C@@H]3CCCC[C@H]3C2)CCN1Cc1cc2c(cc1Cl)OCO2. The Morgan fingerprint density at radius 1 is 0.966 bits per heavy atom. The van der Waals surface area contributed by atoms with Crippen molar-refractivity contribution in [3.63, 3.8) is 0 Å². The normalized spacial score (nSPS) is 30.2. The van der Waals surface area contributed by atoms with Gasteiger partial charge >= 0.3 is 0 Å². The number of hydrogen-bond acceptors (Lipinski definition) is 4. The van der Waals surface area contributed by atoms with E-state index in [1.165, 1.54) is 45.2 Å². The summed E-state index contributed by atoms with van der Waals surface area (Å²) in [6.45, 7) is 4.05. The molecule has 6 heteroatoms. The molecule has 1 saturated carbocycles. The summed E-state index contributed by atoms with van der Waals surface area (Å²) in [5.41, 5.74) is 0.936. The average molecular weight is 419 g/mol. The summed E-state index contributed by atoms with van der Waals surface area (Å²) in [6.07, 6.45) is 9.71. The Morgan fingerprint density at radius 2 is 1.76 bits per heavy atom. The van der Waals surface area contributed by atoms with Gasteiger partial charge in [0.05, 0.1) is 0 Å². The second kappa shape index (κ2) is 8.35. The van der Waals surface area contributed by atoms with Gasteiger partial charge in [-0.15, -0.1) is 0 Å². The maximum Gasteiger partial charge on any atom is 0.231 e. The minimum absolute atomic E-state index is 0.233. The number of piperidine rings is 1. The molecule has 1 aliphatic carbocycles. The van der Waals surface area contributed by atoms with Crippen molar-refractivity contribution in [2.24, 2.45) is 11.8 Å². The Kier molecular flexibility index (Phi) is 5.61. The number of likely N-dealkylation sites (tertiary alicyclic amines) is 2. The third-order valence-corrected chi connectivity index (χ3v) is 7.87. The Balaban J connectivity index is 1.22. The van der Waals surface area contributed by atoms with Crippen LogP contribution in [0.1, 0.15) is 56.9 Å². The number of hydrogen-bond donors (Lipinski definition) is 0. The first-order valence-corrected chi connectivity index (χ1v) is 11.6. The second-order valence-corrected chi connectivity index (χ2v) is 9.59. The van der Waals surface area contributed by atoms with Crippen molar-refractivity contribution in [3.8, 4) is 11.5 Å². The van der Waals surface area contributed by atoms with Gasteiger partial charge in [0.15, 0.2) is 11.5 Å². The fourth-order valence-electron chi connectivity index (χ4n) is 5.80. The summed E-state index contributed by atoms with van der Waals surface area (Å²) >= 11 is 6.45. The van der Waals surface area contributed by atoms with Crippen LogP contribution in [0.3, 0.4) is 0 Å². The van der Waals surface area contributed by atoms with Gasteiger partial charge in [-0.25, -0.2) is 0 Å². The van der Waals surface area contributed by atoms with E-state index in [0.717, 1.165) is 42.5 Å². The fourth-order valence-corrected chi connectivity index (χ4v) is 6.01. The van der Waals surface area contributed by atoms with E-state index >= 15 is 0 Å². The van der Waals surface area contributed by atoms with Gasteiger partial charge in [0.25, 0.3) is 0 Å². The van der Waals surface area contributed by atoms with Gasteiger partial charge in [-0.05, 0) is 55.7 Å². The molecule has 4 aliphatic rings. The smallest absolute Gasteiger partial charge is 0.231 e. The quantitative estimate of drug-likeness (QED) is 0.726. The highest BCUT2D eigenvalue weighted by Gasteiger charge is 2.35. The number of carbonyl (C=O) groups is 1. The molecule has 1 aromatic rings. The standard InChI is InChI=1S/C23H31ClN2O3/c24-20-12-22-21(28-15-29-22)11-18(20)14-26-10-8-19(5-6-23(26)27)25-9-7-16-3-1-2-4-17(16)13-25/h11-12,16-17,19H,1-10,13-15H2/t16-,17-,19?/m0/s1. The first kappa shape index (κ1) is 19.5. The topological polar surface area (TPSA) is 42.0 Å². The molecule has 0 N–H and O–H groups in total. The van der Waals surface area contributed by atoms with Crippen molar-refractivity contribution in [3.05, 3.63) is 22.7 Å². The number of rotatable bonds is 3. The largest absolute Gasteiger partial charge is 0.454 e. The molecule has 1 unspecified atom stereocenters. The van der Waals surface area contributed by atoms with Crippen molar-refractivity contribution in [2.75, 3.05) is 26.4 Å². The van der Waals surface area contributed by atoms with Crippen LogP contribution >= 0.6 is 11.6 Å². The van der Waals surface area contributed by atoms with E-state index in [0.29, 0.717) is 29.8 Å². The highest BCUT2D eigenvalue weighted by molar-refractivity contribution is 6.31. The number of halogens is 1. The zero-order valence-electron chi connectivity index (χ0n) is 17.1. The second-order valence-electron chi connectivity index (χ2n) is 9.18. The molecule has 0 spiro atoms. The Morgan fingerprint density at radius 3 is 2.62 bits per heavy atom. The van der Waals surface area contributed by atoms with Crippen LogP contribution in [0.2, 0.25) is 5.02 Å². The fraction of sp³-hybridized carbons (Fsp3) is 0.696. The molecular weight excluding hydrogens is 388 g/mol. The van der Waals surface area contributed by atoms with Crippen LogP contribution in [0.5, 0.6) is 11.5 Å². The molecule has 3 aliphatic heterocycles. The molecule has 3 heterocycles. The molecular formula is C23H31ClN2O3. The van der Waals surface area contributed by atoms with E-state index in [1.807, 2.05) is 11.0 Å². The summed E-state index contributed by atoms with van der Waals surface area (Å²) in [7, 11) is 0. The van der Waals surface area contributed by atoms with Crippen LogP contribution in [0.4, 0.5) is 0 Å². The average Bonchev–Trinajstić information content (AvgIpc) is 3.11. The van der Waals surface area contributed by atoms with E-state index < -0.39 is 0 Å². The maximum absolute atomic E-state index is 12.8. The minimum Gasteiger partial charge on any atom is -0.454 e. The predicted molar refractivity (Wildman–Crippen MR) is 112 cm³/mol. The first-order chi connectivity index (χ1) is 14.2. The monoisotopic (exact) mass is 418 g/mol. The van der Waals surface area contributed by atoms with E-state index in [1.54, 1.807) is 6.07 Å². The lowest BCUT2D eigenvalue weighted by Crippen LogP contribution is -2.47. The lowest BCUT2D eigenvalue weighted by Gasteiger charge is -2.44. The number of amides is 1. The molecule has 3 atom stereocenters. The number of fused-ring (bicyclic) bond motifs is 2. The molecule has 0 aromatic heterocycles. The lowest BCUT2D eigenvalue weighted by atomic mass is 9.74. The molecule has 0 bridgehead atoms. The number of carbonyl (C=O) groups excluding carboxylic acids is 1. The third-order valence-electron chi connectivity index (χ3n) is 7.52. The van der Waals surface area contributed by atoms with E-state index in [2.05, 4.69) is 4.90 Å². The van der Waals surface area contributed by atoms with Crippen LogP contribution in [-0.2, 0) is 11.3 Å². The van der Waals surface area contributed by atoms with Gasteiger partial charge in [-0.1, -0.05) is 30.9 Å². The third kappa shape index (κ3) is 4.09. The zero-order valence-corrected chi connectivity index (χ0v) is 17.8. The highest BCUT2D eigenvalue weighted by Crippen LogP contribution is 2.39. The van der Waals surface area contributed by atoms with Crippen molar-refractivity contribution in [1.82, 2.24) is 9.80 Å². The Hall–Kier alpha value is -1.46. The molecule has 3 fully saturated rings. The lowest BCUT2D eigenvalue weighted by molar-refractivity contribution is -0.131.